The number of rotatable bonds is 4. The summed E-state index contributed by atoms with van der Waals surface area (Å²) in [5.41, 5.74) is 3.95. The number of nitrogens with zero attached hydrogens (tertiary/aromatic N) is 2. The fourth-order valence-corrected chi connectivity index (χ4v) is 3.31. The van der Waals surface area contributed by atoms with Crippen LogP contribution in [0.25, 0.3) is 0 Å². The molecular weight excluding hydrogens is 368 g/mol. The van der Waals surface area contributed by atoms with Crippen LogP contribution in [0, 0.1) is 13.8 Å². The van der Waals surface area contributed by atoms with Crippen molar-refractivity contribution in [1.82, 2.24) is 9.78 Å². The molecule has 1 atom stereocenters. The van der Waals surface area contributed by atoms with Gasteiger partial charge in [0.2, 0.25) is 0 Å². The number of allylic oxidation sites excluding steroid dienone is 1. The number of nitrogens with one attached hydrogen (secondary N) is 2. The second-order valence-corrected chi connectivity index (χ2v) is 7.04. The Kier molecular flexibility index (Phi) is 4.64. The molecule has 1 aliphatic heterocycles. The molecule has 146 valence electrons. The molecule has 0 radical (unpaired) electrons. The first-order valence-corrected chi connectivity index (χ1v) is 9.16. The van der Waals surface area contributed by atoms with Crippen molar-refractivity contribution in [2.24, 2.45) is 0 Å². The molecular formula is C22H20N4O3. The highest BCUT2D eigenvalue weighted by atomic mass is 16.4. The minimum Gasteiger partial charge on any atom is -0.477 e. The molecule has 0 unspecified atom stereocenters. The number of anilines is 2. The van der Waals surface area contributed by atoms with E-state index in [1.165, 1.54) is 6.20 Å². The van der Waals surface area contributed by atoms with Crippen molar-refractivity contribution in [1.29, 1.82) is 0 Å². The van der Waals surface area contributed by atoms with Gasteiger partial charge >= 0.3 is 5.97 Å². The number of fused-ring (bicyclic) bond motifs is 1. The van der Waals surface area contributed by atoms with E-state index in [9.17, 15) is 14.7 Å². The van der Waals surface area contributed by atoms with Crippen LogP contribution in [0.5, 0.6) is 0 Å². The molecule has 3 N–H and O–H groups in total. The Morgan fingerprint density at radius 2 is 1.86 bits per heavy atom. The van der Waals surface area contributed by atoms with Crippen LogP contribution in [0.1, 0.15) is 33.1 Å². The van der Waals surface area contributed by atoms with Gasteiger partial charge in [-0.3, -0.25) is 4.79 Å². The van der Waals surface area contributed by atoms with E-state index in [1.54, 1.807) is 16.8 Å². The number of hydrogen-bond acceptors (Lipinski definition) is 4. The molecule has 3 aromatic rings. The first-order valence-electron chi connectivity index (χ1n) is 9.16. The first kappa shape index (κ1) is 18.5. The van der Waals surface area contributed by atoms with Crippen LogP contribution in [-0.4, -0.2) is 26.8 Å². The van der Waals surface area contributed by atoms with E-state index < -0.39 is 12.0 Å². The van der Waals surface area contributed by atoms with Gasteiger partial charge in [-0.05, 0) is 43.2 Å². The zero-order valence-electron chi connectivity index (χ0n) is 16.0. The fourth-order valence-electron chi connectivity index (χ4n) is 3.31. The number of carbonyl (C=O) groups excluding carboxylic acids is 1. The third-order valence-electron chi connectivity index (χ3n) is 4.81. The second kappa shape index (κ2) is 7.27. The molecule has 1 aliphatic rings. The van der Waals surface area contributed by atoms with Crippen LogP contribution < -0.4 is 10.6 Å². The molecule has 0 aliphatic carbocycles. The van der Waals surface area contributed by atoms with Crippen molar-refractivity contribution in [3.05, 3.63) is 88.8 Å². The number of amides is 1. The number of benzene rings is 2. The van der Waals surface area contributed by atoms with Gasteiger partial charge in [0.05, 0.1) is 12.2 Å². The van der Waals surface area contributed by atoms with E-state index in [0.29, 0.717) is 11.5 Å². The third kappa shape index (κ3) is 3.62. The molecule has 1 amide bonds. The van der Waals surface area contributed by atoms with E-state index >= 15 is 0 Å². The SMILES string of the molecule is Cc1ccc([C@@H]2C=C(C(=O)O)Nc3c(C(=O)Nc4cccc(C)c4)cnn32)cc1. The maximum Gasteiger partial charge on any atom is 0.352 e. The zero-order chi connectivity index (χ0) is 20.5. The predicted octanol–water partition coefficient (Wildman–Crippen LogP) is 3.74. The van der Waals surface area contributed by atoms with Crippen molar-refractivity contribution in [3.63, 3.8) is 0 Å². The minimum absolute atomic E-state index is 0.00757. The number of aryl methyl sites for hydroxylation is 2. The summed E-state index contributed by atoms with van der Waals surface area (Å²) in [5, 5.41) is 19.6. The van der Waals surface area contributed by atoms with Gasteiger partial charge in [-0.15, -0.1) is 0 Å². The van der Waals surface area contributed by atoms with Crippen molar-refractivity contribution >= 4 is 23.4 Å². The minimum atomic E-state index is -1.10. The lowest BCUT2D eigenvalue weighted by Gasteiger charge is -2.24. The Hall–Kier alpha value is -3.87. The number of carboxylic acids is 1. The lowest BCUT2D eigenvalue weighted by atomic mass is 10.0. The Labute approximate surface area is 167 Å². The van der Waals surface area contributed by atoms with Crippen LogP contribution in [0.15, 0.2) is 66.5 Å². The number of hydrogen-bond donors (Lipinski definition) is 3. The monoisotopic (exact) mass is 388 g/mol. The molecule has 4 rings (SSSR count). The van der Waals surface area contributed by atoms with Crippen molar-refractivity contribution in [2.75, 3.05) is 10.6 Å². The summed E-state index contributed by atoms with van der Waals surface area (Å²) < 4.78 is 1.63. The number of carboxylic acid groups (broad SMARTS) is 1. The quantitative estimate of drug-likeness (QED) is 0.633. The van der Waals surface area contributed by atoms with Gasteiger partial charge in [-0.1, -0.05) is 42.0 Å². The highest BCUT2D eigenvalue weighted by Gasteiger charge is 2.29. The lowest BCUT2D eigenvalue weighted by molar-refractivity contribution is -0.132. The average molecular weight is 388 g/mol. The summed E-state index contributed by atoms with van der Waals surface area (Å²) in [5.74, 6) is -1.11. The highest BCUT2D eigenvalue weighted by molar-refractivity contribution is 6.08. The van der Waals surface area contributed by atoms with Gasteiger partial charge < -0.3 is 15.7 Å². The zero-order valence-corrected chi connectivity index (χ0v) is 16.0. The summed E-state index contributed by atoms with van der Waals surface area (Å²) in [7, 11) is 0. The van der Waals surface area contributed by atoms with Crippen LogP contribution in [-0.2, 0) is 4.79 Å². The van der Waals surface area contributed by atoms with Crippen molar-refractivity contribution in [2.45, 2.75) is 19.9 Å². The molecule has 0 saturated carbocycles. The number of aliphatic carboxylic acids is 1. The van der Waals surface area contributed by atoms with E-state index in [-0.39, 0.29) is 17.2 Å². The van der Waals surface area contributed by atoms with E-state index in [4.69, 9.17) is 0 Å². The standard InChI is InChI=1S/C22H20N4O3/c1-13-6-8-15(9-7-13)19-11-18(22(28)29)25-20-17(12-23-26(19)20)21(27)24-16-5-3-4-14(2)10-16/h3-12,19,25H,1-2H3,(H,24,27)(H,28,29)/t19-/m0/s1. The molecule has 1 aromatic heterocycles. The summed E-state index contributed by atoms with van der Waals surface area (Å²) in [6.07, 6.45) is 3.04. The maximum absolute atomic E-state index is 12.9. The summed E-state index contributed by atoms with van der Waals surface area (Å²) in [4.78, 5) is 24.5. The molecule has 29 heavy (non-hydrogen) atoms. The topological polar surface area (TPSA) is 96.2 Å². The number of aromatic nitrogens is 2. The Balaban J connectivity index is 1.72. The van der Waals surface area contributed by atoms with Crippen LogP contribution in [0.4, 0.5) is 11.5 Å². The third-order valence-corrected chi connectivity index (χ3v) is 4.81. The summed E-state index contributed by atoms with van der Waals surface area (Å²) in [6.45, 7) is 3.92. The fraction of sp³-hybridized carbons (Fsp3) is 0.136. The van der Waals surface area contributed by atoms with Gasteiger partial charge in [0, 0.05) is 5.69 Å². The Morgan fingerprint density at radius 3 is 2.55 bits per heavy atom. The maximum atomic E-state index is 12.9. The molecule has 7 heteroatoms. The molecule has 7 nitrogen and oxygen atoms in total. The van der Waals surface area contributed by atoms with Gasteiger partial charge in [0.1, 0.15) is 17.1 Å². The van der Waals surface area contributed by atoms with Crippen LogP contribution in [0.2, 0.25) is 0 Å². The smallest absolute Gasteiger partial charge is 0.352 e. The van der Waals surface area contributed by atoms with Crippen LogP contribution >= 0.6 is 0 Å². The second-order valence-electron chi connectivity index (χ2n) is 7.04. The summed E-state index contributed by atoms with van der Waals surface area (Å²) >= 11 is 0. The molecule has 2 heterocycles. The number of carbonyl (C=O) groups is 2. The van der Waals surface area contributed by atoms with Crippen molar-refractivity contribution in [3.8, 4) is 0 Å². The van der Waals surface area contributed by atoms with E-state index in [1.807, 2.05) is 56.3 Å². The van der Waals surface area contributed by atoms with Crippen molar-refractivity contribution < 1.29 is 14.7 Å². The van der Waals surface area contributed by atoms with Gasteiger partial charge in [0.15, 0.2) is 0 Å². The Bertz CT molecular complexity index is 1130. The largest absolute Gasteiger partial charge is 0.477 e. The molecule has 0 bridgehead atoms. The van der Waals surface area contributed by atoms with Gasteiger partial charge in [0.25, 0.3) is 5.91 Å². The molecule has 0 saturated heterocycles. The summed E-state index contributed by atoms with van der Waals surface area (Å²) in [6, 6.07) is 14.8. The first-order chi connectivity index (χ1) is 13.9. The average Bonchev–Trinajstić information content (AvgIpc) is 3.12. The molecule has 0 spiro atoms. The van der Waals surface area contributed by atoms with Crippen LogP contribution in [0.3, 0.4) is 0 Å². The Morgan fingerprint density at radius 1 is 1.10 bits per heavy atom. The molecule has 0 fully saturated rings. The van der Waals surface area contributed by atoms with E-state index in [0.717, 1.165) is 16.7 Å². The lowest BCUT2D eigenvalue weighted by Crippen LogP contribution is -2.25. The predicted molar refractivity (Wildman–Crippen MR) is 110 cm³/mol. The highest BCUT2D eigenvalue weighted by Crippen LogP contribution is 2.32. The van der Waals surface area contributed by atoms with Gasteiger partial charge in [-0.2, -0.15) is 5.10 Å². The molecule has 2 aromatic carbocycles. The normalized spacial score (nSPS) is 15.1. The van der Waals surface area contributed by atoms with E-state index in [2.05, 4.69) is 15.7 Å². The van der Waals surface area contributed by atoms with Gasteiger partial charge in [-0.25, -0.2) is 9.48 Å².